The van der Waals surface area contributed by atoms with Crippen LogP contribution in [0.2, 0.25) is 5.02 Å². The number of carbonyl (C=O) groups excluding carboxylic acids is 1. The quantitative estimate of drug-likeness (QED) is 0.700. The van der Waals surface area contributed by atoms with Gasteiger partial charge in [0.2, 0.25) is 0 Å². The maximum atomic E-state index is 12.8. The molecule has 0 saturated carbocycles. The van der Waals surface area contributed by atoms with Crippen molar-refractivity contribution in [1.82, 2.24) is 4.57 Å². The van der Waals surface area contributed by atoms with Gasteiger partial charge in [-0.05, 0) is 36.4 Å². The summed E-state index contributed by atoms with van der Waals surface area (Å²) in [6, 6.07) is 13.3. The van der Waals surface area contributed by atoms with Crippen LogP contribution in [0.4, 0.5) is 5.69 Å². The zero-order chi connectivity index (χ0) is 18.0. The number of fused-ring (bicyclic) bond motifs is 1. The van der Waals surface area contributed by atoms with E-state index in [0.29, 0.717) is 21.6 Å². The summed E-state index contributed by atoms with van der Waals surface area (Å²) in [5.41, 5.74) is 0.114. The predicted molar refractivity (Wildman–Crippen MR) is 99.5 cm³/mol. The number of aromatic nitrogens is 1. The van der Waals surface area contributed by atoms with Crippen LogP contribution in [0.25, 0.3) is 10.9 Å². The van der Waals surface area contributed by atoms with E-state index in [1.807, 2.05) is 0 Å². The van der Waals surface area contributed by atoms with Crippen molar-refractivity contribution < 1.29 is 9.90 Å². The number of hydrogen-bond acceptors (Lipinski definition) is 3. The lowest BCUT2D eigenvalue weighted by Gasteiger charge is -2.13. The van der Waals surface area contributed by atoms with Crippen LogP contribution in [0.5, 0.6) is 5.75 Å². The van der Waals surface area contributed by atoms with Gasteiger partial charge in [0.1, 0.15) is 11.3 Å². The Morgan fingerprint density at radius 1 is 1.20 bits per heavy atom. The highest BCUT2D eigenvalue weighted by atomic mass is 35.5. The minimum absolute atomic E-state index is 0.223. The van der Waals surface area contributed by atoms with Gasteiger partial charge in [0.25, 0.3) is 11.5 Å². The monoisotopic (exact) mass is 354 g/mol. The molecule has 2 aromatic carbocycles. The summed E-state index contributed by atoms with van der Waals surface area (Å²) in [4.78, 5) is 25.4. The largest absolute Gasteiger partial charge is 0.506 e. The van der Waals surface area contributed by atoms with Crippen LogP contribution in [0, 0.1) is 0 Å². The Balaban J connectivity index is 2.14. The van der Waals surface area contributed by atoms with Gasteiger partial charge in [0, 0.05) is 22.6 Å². The van der Waals surface area contributed by atoms with Crippen molar-refractivity contribution in [3.63, 3.8) is 0 Å². The number of nitrogens with zero attached hydrogens (tertiary/aromatic N) is 1. The number of amides is 1. The lowest BCUT2D eigenvalue weighted by Crippen LogP contribution is -2.29. The third-order valence-corrected chi connectivity index (χ3v) is 4.04. The molecule has 0 aliphatic rings. The highest BCUT2D eigenvalue weighted by Crippen LogP contribution is 2.27. The lowest BCUT2D eigenvalue weighted by molar-refractivity contribution is 0.102. The molecule has 0 saturated heterocycles. The normalized spacial score (nSPS) is 10.6. The molecule has 0 aliphatic heterocycles. The van der Waals surface area contributed by atoms with Crippen molar-refractivity contribution in [1.29, 1.82) is 0 Å². The van der Waals surface area contributed by atoms with Crippen LogP contribution in [-0.2, 0) is 6.54 Å². The molecule has 1 heterocycles. The van der Waals surface area contributed by atoms with Crippen LogP contribution >= 0.6 is 11.6 Å². The van der Waals surface area contributed by atoms with E-state index >= 15 is 0 Å². The molecule has 0 radical (unpaired) electrons. The molecule has 3 rings (SSSR count). The van der Waals surface area contributed by atoms with Gasteiger partial charge in [-0.2, -0.15) is 0 Å². The summed E-state index contributed by atoms with van der Waals surface area (Å²) in [6.07, 6.45) is 1.56. The van der Waals surface area contributed by atoms with E-state index in [1.54, 1.807) is 54.6 Å². The number of carbonyl (C=O) groups is 1. The Morgan fingerprint density at radius 3 is 2.56 bits per heavy atom. The molecule has 0 aliphatic carbocycles. The molecule has 0 spiro atoms. The first-order chi connectivity index (χ1) is 12.0. The number of para-hydroxylation sites is 1. The number of benzene rings is 2. The molecule has 3 aromatic rings. The molecular formula is C19H15ClN2O3. The Bertz CT molecular complexity index is 1020. The summed E-state index contributed by atoms with van der Waals surface area (Å²) >= 11 is 5.82. The van der Waals surface area contributed by atoms with Crippen molar-refractivity contribution in [2.75, 3.05) is 5.32 Å². The summed E-state index contributed by atoms with van der Waals surface area (Å²) in [5, 5.41) is 14.0. The van der Waals surface area contributed by atoms with Crippen LogP contribution < -0.4 is 10.9 Å². The molecule has 1 amide bonds. The molecule has 2 N–H and O–H groups in total. The first-order valence-corrected chi connectivity index (χ1v) is 7.93. The predicted octanol–water partition coefficient (Wildman–Crippen LogP) is 3.80. The van der Waals surface area contributed by atoms with Crippen molar-refractivity contribution in [2.24, 2.45) is 0 Å². The highest BCUT2D eigenvalue weighted by Gasteiger charge is 2.21. The van der Waals surface area contributed by atoms with Gasteiger partial charge in [-0.15, -0.1) is 6.58 Å². The van der Waals surface area contributed by atoms with E-state index < -0.39 is 11.5 Å². The smallest absolute Gasteiger partial charge is 0.268 e. The topological polar surface area (TPSA) is 71.3 Å². The molecule has 0 bridgehead atoms. The van der Waals surface area contributed by atoms with Crippen LogP contribution in [0.15, 0.2) is 66.0 Å². The van der Waals surface area contributed by atoms with Gasteiger partial charge in [-0.1, -0.05) is 29.8 Å². The first kappa shape index (κ1) is 16.8. The van der Waals surface area contributed by atoms with E-state index in [9.17, 15) is 14.7 Å². The molecule has 1 aromatic heterocycles. The van der Waals surface area contributed by atoms with E-state index in [2.05, 4.69) is 11.9 Å². The Labute approximate surface area is 148 Å². The van der Waals surface area contributed by atoms with Gasteiger partial charge in [-0.3, -0.25) is 9.59 Å². The maximum absolute atomic E-state index is 12.8. The summed E-state index contributed by atoms with van der Waals surface area (Å²) in [5.74, 6) is -1.03. The molecule has 0 atom stereocenters. The van der Waals surface area contributed by atoms with Crippen LogP contribution in [0.3, 0.4) is 0 Å². The summed E-state index contributed by atoms with van der Waals surface area (Å²) < 4.78 is 1.40. The third-order valence-electron chi connectivity index (χ3n) is 3.79. The summed E-state index contributed by atoms with van der Waals surface area (Å²) in [6.45, 7) is 3.86. The Morgan fingerprint density at radius 2 is 1.88 bits per heavy atom. The van der Waals surface area contributed by atoms with Crippen molar-refractivity contribution in [3.05, 3.63) is 82.1 Å². The van der Waals surface area contributed by atoms with Crippen molar-refractivity contribution >= 4 is 34.1 Å². The van der Waals surface area contributed by atoms with Gasteiger partial charge in [0.15, 0.2) is 0 Å². The van der Waals surface area contributed by atoms with Gasteiger partial charge >= 0.3 is 0 Å². The SMILES string of the molecule is C=CCn1c(=O)c(C(=O)Nc2ccc(Cl)cc2)c(O)c2ccccc21. The van der Waals surface area contributed by atoms with Crippen molar-refractivity contribution in [2.45, 2.75) is 6.54 Å². The fraction of sp³-hybridized carbons (Fsp3) is 0.0526. The number of anilines is 1. The molecule has 126 valence electrons. The number of nitrogens with one attached hydrogen (secondary N) is 1. The standard InChI is InChI=1S/C19H15ClN2O3/c1-2-11-22-15-6-4-3-5-14(15)17(23)16(19(22)25)18(24)21-13-9-7-12(20)8-10-13/h2-10,23H,1,11H2,(H,21,24). The number of pyridine rings is 1. The second-order valence-electron chi connectivity index (χ2n) is 5.41. The molecule has 0 unspecified atom stereocenters. The molecule has 6 heteroatoms. The van der Waals surface area contributed by atoms with Gasteiger partial charge in [0.05, 0.1) is 5.52 Å². The number of hydrogen-bond donors (Lipinski definition) is 2. The molecule has 5 nitrogen and oxygen atoms in total. The average Bonchev–Trinajstić information content (AvgIpc) is 2.61. The zero-order valence-electron chi connectivity index (χ0n) is 13.2. The molecule has 25 heavy (non-hydrogen) atoms. The van der Waals surface area contributed by atoms with E-state index in [1.165, 1.54) is 4.57 Å². The van der Waals surface area contributed by atoms with Crippen LogP contribution in [-0.4, -0.2) is 15.6 Å². The number of allylic oxidation sites excluding steroid dienone is 1. The zero-order valence-corrected chi connectivity index (χ0v) is 14.0. The lowest BCUT2D eigenvalue weighted by atomic mass is 10.1. The number of rotatable bonds is 4. The molecular weight excluding hydrogens is 340 g/mol. The van der Waals surface area contributed by atoms with E-state index in [4.69, 9.17) is 11.6 Å². The fourth-order valence-corrected chi connectivity index (χ4v) is 2.76. The first-order valence-electron chi connectivity index (χ1n) is 7.55. The third kappa shape index (κ3) is 3.14. The van der Waals surface area contributed by atoms with E-state index in [0.717, 1.165) is 0 Å². The second-order valence-corrected chi connectivity index (χ2v) is 5.84. The summed E-state index contributed by atoms with van der Waals surface area (Å²) in [7, 11) is 0. The molecule has 0 fully saturated rings. The van der Waals surface area contributed by atoms with Crippen molar-refractivity contribution in [3.8, 4) is 5.75 Å². The van der Waals surface area contributed by atoms with Crippen LogP contribution in [0.1, 0.15) is 10.4 Å². The maximum Gasteiger partial charge on any atom is 0.268 e. The minimum atomic E-state index is -0.687. The minimum Gasteiger partial charge on any atom is -0.506 e. The van der Waals surface area contributed by atoms with Gasteiger partial charge in [-0.25, -0.2) is 0 Å². The fourth-order valence-electron chi connectivity index (χ4n) is 2.63. The Hall–Kier alpha value is -3.05. The van der Waals surface area contributed by atoms with Gasteiger partial charge < -0.3 is 15.0 Å². The Kier molecular flexibility index (Phi) is 4.59. The number of aromatic hydroxyl groups is 1. The van der Waals surface area contributed by atoms with E-state index in [-0.39, 0.29) is 17.9 Å². The number of halogens is 1. The second kappa shape index (κ2) is 6.83. The average molecular weight is 355 g/mol. The highest BCUT2D eigenvalue weighted by molar-refractivity contribution is 6.30.